The smallest absolute Gasteiger partial charge is 0.309 e. The number of anilines is 1. The molecule has 0 aliphatic carbocycles. The van der Waals surface area contributed by atoms with Gasteiger partial charge in [0.2, 0.25) is 0 Å². The normalized spacial score (nSPS) is 18.9. The highest BCUT2D eigenvalue weighted by Crippen LogP contribution is 2.31. The quantitative estimate of drug-likeness (QED) is 0.723. The molecule has 0 saturated carbocycles. The van der Waals surface area contributed by atoms with Gasteiger partial charge in [-0.1, -0.05) is 12.1 Å². The van der Waals surface area contributed by atoms with E-state index in [1.165, 1.54) is 16.8 Å². The van der Waals surface area contributed by atoms with Gasteiger partial charge >= 0.3 is 11.8 Å². The van der Waals surface area contributed by atoms with Crippen LogP contribution in [-0.2, 0) is 16.0 Å². The highest BCUT2D eigenvalue weighted by Gasteiger charge is 2.27. The second-order valence-corrected chi connectivity index (χ2v) is 7.48. The molecule has 1 aromatic carbocycles. The zero-order valence-corrected chi connectivity index (χ0v) is 16.6. The van der Waals surface area contributed by atoms with Gasteiger partial charge in [-0.05, 0) is 37.6 Å². The average molecular weight is 374 g/mol. The van der Waals surface area contributed by atoms with Crippen molar-refractivity contribution >= 4 is 17.5 Å². The molecule has 2 heterocycles. The zero-order valence-electron chi connectivity index (χ0n) is 16.6. The Kier molecular flexibility index (Phi) is 6.34. The lowest BCUT2D eigenvalue weighted by atomic mass is 10.00. The first-order valence-electron chi connectivity index (χ1n) is 9.82. The minimum Gasteiger partial charge on any atom is -0.374 e. The van der Waals surface area contributed by atoms with Crippen LogP contribution in [0.15, 0.2) is 18.2 Å². The number of hydrogen-bond donors (Lipinski definition) is 2. The summed E-state index contributed by atoms with van der Waals surface area (Å²) in [6.45, 7) is 7.67. The second-order valence-electron chi connectivity index (χ2n) is 7.48. The van der Waals surface area contributed by atoms with Crippen LogP contribution in [0.2, 0.25) is 0 Å². The van der Waals surface area contributed by atoms with Gasteiger partial charge < -0.3 is 20.4 Å². The molecule has 0 aromatic heterocycles. The largest absolute Gasteiger partial charge is 0.374 e. The van der Waals surface area contributed by atoms with Gasteiger partial charge in [0.1, 0.15) is 0 Å². The van der Waals surface area contributed by atoms with Crippen LogP contribution < -0.4 is 15.5 Å². The van der Waals surface area contributed by atoms with Crippen LogP contribution in [0, 0.1) is 0 Å². The third kappa shape index (κ3) is 4.59. The van der Waals surface area contributed by atoms with E-state index in [1.807, 2.05) is 0 Å². The van der Waals surface area contributed by atoms with Gasteiger partial charge in [0, 0.05) is 58.5 Å². The number of nitrogens with one attached hydrogen (secondary N) is 2. The highest BCUT2D eigenvalue weighted by molar-refractivity contribution is 6.35. The van der Waals surface area contributed by atoms with Gasteiger partial charge in [-0.15, -0.1) is 0 Å². The summed E-state index contributed by atoms with van der Waals surface area (Å²) in [5, 5.41) is 5.39. The average Bonchev–Trinajstić information content (AvgIpc) is 3.04. The van der Waals surface area contributed by atoms with Crippen molar-refractivity contribution in [3.8, 4) is 0 Å². The van der Waals surface area contributed by atoms with Crippen molar-refractivity contribution in [1.82, 2.24) is 20.4 Å². The summed E-state index contributed by atoms with van der Waals surface area (Å²) in [6.07, 6.45) is 1.06. The number of rotatable bonds is 5. The predicted octanol–water partition coefficient (Wildman–Crippen LogP) is 0.220. The number of nitrogens with zero attached hydrogens (tertiary/aromatic N) is 3. The van der Waals surface area contributed by atoms with E-state index in [1.54, 1.807) is 6.92 Å². The second kappa shape index (κ2) is 8.71. The van der Waals surface area contributed by atoms with Gasteiger partial charge in [0.15, 0.2) is 0 Å². The molecule has 1 atom stereocenters. The number of hydrogen-bond acceptors (Lipinski definition) is 5. The Morgan fingerprint density at radius 1 is 1.04 bits per heavy atom. The molecule has 7 heteroatoms. The maximum atomic E-state index is 12.1. The molecule has 2 amide bonds. The van der Waals surface area contributed by atoms with E-state index in [9.17, 15) is 9.59 Å². The predicted molar refractivity (Wildman–Crippen MR) is 107 cm³/mol. The van der Waals surface area contributed by atoms with Gasteiger partial charge in [-0.3, -0.25) is 14.5 Å². The van der Waals surface area contributed by atoms with Crippen LogP contribution in [0.3, 0.4) is 0 Å². The Morgan fingerprint density at radius 3 is 2.44 bits per heavy atom. The molecule has 3 rings (SSSR count). The maximum absolute atomic E-state index is 12.1. The fraction of sp³-hybridized carbons (Fsp3) is 0.600. The minimum absolute atomic E-state index is 0.0771. The molecule has 1 aromatic rings. The van der Waals surface area contributed by atoms with Crippen molar-refractivity contribution < 1.29 is 9.59 Å². The van der Waals surface area contributed by atoms with Crippen molar-refractivity contribution in [2.75, 3.05) is 64.8 Å². The summed E-state index contributed by atoms with van der Waals surface area (Å²) < 4.78 is 0. The molecule has 0 unspecified atom stereocenters. The van der Waals surface area contributed by atoms with Crippen LogP contribution in [0.4, 0.5) is 5.69 Å². The Bertz CT molecular complexity index is 685. The lowest BCUT2D eigenvalue weighted by Gasteiger charge is -2.38. The SMILES string of the molecule is CCNC(=O)C(=O)NC[C@H](c1ccc2c(c1)CCN2C)N1CCN(C)CC1. The third-order valence-electron chi connectivity index (χ3n) is 5.59. The maximum Gasteiger partial charge on any atom is 0.309 e. The van der Waals surface area contributed by atoms with Crippen molar-refractivity contribution in [2.24, 2.45) is 0 Å². The summed E-state index contributed by atoms with van der Waals surface area (Å²) in [5.41, 5.74) is 3.87. The number of likely N-dealkylation sites (N-methyl/N-ethyl adjacent to an activating group) is 3. The van der Waals surface area contributed by atoms with Crippen molar-refractivity contribution in [3.05, 3.63) is 29.3 Å². The highest BCUT2D eigenvalue weighted by atomic mass is 16.2. The summed E-state index contributed by atoms with van der Waals surface area (Å²) in [4.78, 5) is 30.8. The molecule has 148 valence electrons. The molecular formula is C20H31N5O2. The summed E-state index contributed by atoms with van der Waals surface area (Å²) in [7, 11) is 4.25. The number of benzene rings is 1. The molecule has 2 aliphatic heterocycles. The number of amides is 2. The first-order chi connectivity index (χ1) is 13.0. The van der Waals surface area contributed by atoms with E-state index in [0.29, 0.717) is 13.1 Å². The Hall–Kier alpha value is -2.12. The summed E-state index contributed by atoms with van der Waals surface area (Å²) >= 11 is 0. The fourth-order valence-corrected chi connectivity index (χ4v) is 3.90. The van der Waals surface area contributed by atoms with E-state index in [0.717, 1.165) is 39.1 Å². The van der Waals surface area contributed by atoms with Crippen molar-refractivity contribution in [2.45, 2.75) is 19.4 Å². The molecule has 7 nitrogen and oxygen atoms in total. The number of fused-ring (bicyclic) bond motifs is 1. The zero-order chi connectivity index (χ0) is 19.4. The van der Waals surface area contributed by atoms with Gasteiger partial charge in [0.05, 0.1) is 6.04 Å². The number of carbonyl (C=O) groups is 2. The van der Waals surface area contributed by atoms with Crippen LogP contribution in [0.1, 0.15) is 24.1 Å². The topological polar surface area (TPSA) is 67.9 Å². The molecule has 0 radical (unpaired) electrons. The Balaban J connectivity index is 1.76. The minimum atomic E-state index is -0.565. The first kappa shape index (κ1) is 19.6. The Morgan fingerprint density at radius 2 is 1.74 bits per heavy atom. The molecule has 0 bridgehead atoms. The molecule has 2 aliphatic rings. The fourth-order valence-electron chi connectivity index (χ4n) is 3.90. The van der Waals surface area contributed by atoms with Crippen molar-refractivity contribution in [3.63, 3.8) is 0 Å². The molecule has 1 saturated heterocycles. The number of piperazine rings is 1. The molecular weight excluding hydrogens is 342 g/mol. The van der Waals surface area contributed by atoms with E-state index in [2.05, 4.69) is 57.6 Å². The lowest BCUT2D eigenvalue weighted by molar-refractivity contribution is -0.139. The van der Waals surface area contributed by atoms with Crippen LogP contribution in [-0.4, -0.2) is 81.5 Å². The van der Waals surface area contributed by atoms with E-state index in [-0.39, 0.29) is 6.04 Å². The Labute approximate surface area is 161 Å². The number of carbonyl (C=O) groups excluding carboxylic acids is 2. The van der Waals surface area contributed by atoms with E-state index in [4.69, 9.17) is 0 Å². The summed E-state index contributed by atoms with van der Waals surface area (Å²) in [5.74, 6) is -1.12. The third-order valence-corrected chi connectivity index (χ3v) is 5.59. The lowest BCUT2D eigenvalue weighted by Crippen LogP contribution is -2.49. The van der Waals surface area contributed by atoms with Gasteiger partial charge in [-0.25, -0.2) is 0 Å². The van der Waals surface area contributed by atoms with Crippen molar-refractivity contribution in [1.29, 1.82) is 0 Å². The molecule has 27 heavy (non-hydrogen) atoms. The van der Waals surface area contributed by atoms with E-state index >= 15 is 0 Å². The van der Waals surface area contributed by atoms with Crippen LogP contribution >= 0.6 is 0 Å². The monoisotopic (exact) mass is 373 g/mol. The van der Waals surface area contributed by atoms with Gasteiger partial charge in [-0.2, -0.15) is 0 Å². The van der Waals surface area contributed by atoms with Gasteiger partial charge in [0.25, 0.3) is 0 Å². The van der Waals surface area contributed by atoms with Crippen LogP contribution in [0.5, 0.6) is 0 Å². The molecule has 2 N–H and O–H groups in total. The van der Waals surface area contributed by atoms with Crippen LogP contribution in [0.25, 0.3) is 0 Å². The summed E-state index contributed by atoms with van der Waals surface area (Å²) in [6, 6.07) is 6.71. The van der Waals surface area contributed by atoms with E-state index < -0.39 is 11.8 Å². The molecule has 1 fully saturated rings. The standard InChI is InChI=1S/C20H31N5O2/c1-4-21-19(26)20(27)22-14-18(25-11-9-23(2)10-12-25)15-5-6-17-16(13-15)7-8-24(17)3/h5-6,13,18H,4,7-12,14H2,1-3H3,(H,21,26)(H,22,27)/t18-/m1/s1. The molecule has 0 spiro atoms. The first-order valence-corrected chi connectivity index (χ1v) is 9.82.